The molecule has 0 radical (unpaired) electrons. The highest BCUT2D eigenvalue weighted by atomic mass is 16.5. The second-order valence-electron chi connectivity index (χ2n) is 5.85. The summed E-state index contributed by atoms with van der Waals surface area (Å²) in [6.07, 6.45) is 1.90. The van der Waals surface area contributed by atoms with Gasteiger partial charge in [0, 0.05) is 32.6 Å². The van der Waals surface area contributed by atoms with Crippen LogP contribution in [0, 0.1) is 5.92 Å². The van der Waals surface area contributed by atoms with E-state index in [1.165, 1.54) is 0 Å². The average molecular weight is 296 g/mol. The molecular weight excluding hydrogens is 272 g/mol. The first-order valence-electron chi connectivity index (χ1n) is 7.51. The number of amides is 1. The number of nitrogens with zero attached hydrogens (tertiary/aromatic N) is 4. The number of rotatable bonds is 6. The van der Waals surface area contributed by atoms with E-state index in [1.54, 1.807) is 4.90 Å². The Hall–Kier alpha value is -1.47. The van der Waals surface area contributed by atoms with Gasteiger partial charge in [-0.15, -0.1) is 0 Å². The lowest BCUT2D eigenvalue weighted by Gasteiger charge is -2.33. The van der Waals surface area contributed by atoms with Crippen LogP contribution in [0.25, 0.3) is 0 Å². The number of aliphatic hydroxyl groups is 1. The molecule has 7 nitrogen and oxygen atoms in total. The maximum absolute atomic E-state index is 11.4. The van der Waals surface area contributed by atoms with Gasteiger partial charge in [0.15, 0.2) is 5.82 Å². The van der Waals surface area contributed by atoms with Crippen LogP contribution in [0.4, 0.5) is 0 Å². The largest absolute Gasteiger partial charge is 0.387 e. The van der Waals surface area contributed by atoms with E-state index < -0.39 is 6.61 Å². The third-order valence-corrected chi connectivity index (χ3v) is 3.67. The fourth-order valence-electron chi connectivity index (χ4n) is 2.32. The van der Waals surface area contributed by atoms with E-state index in [0.717, 1.165) is 31.8 Å². The number of piperazine rings is 1. The maximum Gasteiger partial charge on any atom is 0.248 e. The normalized spacial score (nSPS) is 16.7. The second kappa shape index (κ2) is 7.51. The van der Waals surface area contributed by atoms with E-state index in [2.05, 4.69) is 28.9 Å². The molecule has 1 aliphatic heterocycles. The zero-order chi connectivity index (χ0) is 15.2. The summed E-state index contributed by atoms with van der Waals surface area (Å²) in [7, 11) is 0. The first-order valence-corrected chi connectivity index (χ1v) is 7.51. The van der Waals surface area contributed by atoms with Gasteiger partial charge in [-0.25, -0.2) is 0 Å². The molecule has 1 aromatic heterocycles. The number of aryl methyl sites for hydroxylation is 1. The Morgan fingerprint density at radius 2 is 2.05 bits per heavy atom. The van der Waals surface area contributed by atoms with Crippen LogP contribution in [0.5, 0.6) is 0 Å². The Morgan fingerprint density at radius 3 is 2.67 bits per heavy atom. The van der Waals surface area contributed by atoms with Crippen molar-refractivity contribution in [3.05, 3.63) is 11.7 Å². The molecule has 0 bridgehead atoms. The summed E-state index contributed by atoms with van der Waals surface area (Å²) in [4.78, 5) is 19.6. The Morgan fingerprint density at radius 1 is 1.33 bits per heavy atom. The van der Waals surface area contributed by atoms with Gasteiger partial charge in [0.2, 0.25) is 11.8 Å². The van der Waals surface area contributed by atoms with Crippen LogP contribution in [0.2, 0.25) is 0 Å². The fourth-order valence-corrected chi connectivity index (χ4v) is 2.32. The summed E-state index contributed by atoms with van der Waals surface area (Å²) < 4.78 is 5.27. The van der Waals surface area contributed by atoms with Crippen LogP contribution >= 0.6 is 0 Å². The molecule has 1 N–H and O–H groups in total. The molecule has 0 aromatic carbocycles. The molecule has 7 heteroatoms. The number of carbonyl (C=O) groups is 1. The van der Waals surface area contributed by atoms with Gasteiger partial charge in [-0.2, -0.15) is 4.98 Å². The molecule has 0 unspecified atom stereocenters. The molecule has 1 aliphatic rings. The third-order valence-electron chi connectivity index (χ3n) is 3.67. The average Bonchev–Trinajstić information content (AvgIpc) is 2.92. The van der Waals surface area contributed by atoms with Crippen molar-refractivity contribution in [1.82, 2.24) is 19.9 Å². The summed E-state index contributed by atoms with van der Waals surface area (Å²) in [5.74, 6) is 1.83. The quantitative estimate of drug-likeness (QED) is 0.812. The van der Waals surface area contributed by atoms with Crippen LogP contribution in [-0.2, 0) is 17.8 Å². The van der Waals surface area contributed by atoms with Crippen molar-refractivity contribution in [3.8, 4) is 0 Å². The van der Waals surface area contributed by atoms with Gasteiger partial charge in [0.05, 0.1) is 6.54 Å². The monoisotopic (exact) mass is 296 g/mol. The van der Waals surface area contributed by atoms with E-state index in [1.807, 2.05) is 0 Å². The Bertz CT molecular complexity index is 453. The first kappa shape index (κ1) is 15.9. The van der Waals surface area contributed by atoms with Crippen molar-refractivity contribution in [2.45, 2.75) is 33.2 Å². The number of hydrogen-bond donors (Lipinski definition) is 1. The minimum absolute atomic E-state index is 0.205. The zero-order valence-corrected chi connectivity index (χ0v) is 12.8. The SMILES string of the molecule is CC(C)CCc1noc(CN2CCN(C(=O)CO)CC2)n1. The van der Waals surface area contributed by atoms with Crippen molar-refractivity contribution in [2.75, 3.05) is 32.8 Å². The minimum atomic E-state index is -0.414. The Kier molecular flexibility index (Phi) is 5.69. The minimum Gasteiger partial charge on any atom is -0.387 e. The van der Waals surface area contributed by atoms with Gasteiger partial charge in [0.1, 0.15) is 6.61 Å². The Balaban J connectivity index is 1.77. The fraction of sp³-hybridized carbons (Fsp3) is 0.786. The molecule has 21 heavy (non-hydrogen) atoms. The standard InChI is InChI=1S/C14H24N4O3/c1-11(2)3-4-12-15-13(21-16-12)9-17-5-7-18(8-6-17)14(20)10-19/h11,19H,3-10H2,1-2H3. The lowest BCUT2D eigenvalue weighted by Crippen LogP contribution is -2.49. The first-order chi connectivity index (χ1) is 10.1. The molecule has 118 valence electrons. The van der Waals surface area contributed by atoms with Gasteiger partial charge in [-0.3, -0.25) is 9.69 Å². The summed E-state index contributed by atoms with van der Waals surface area (Å²) in [5, 5.41) is 12.8. The third kappa shape index (κ3) is 4.78. The van der Waals surface area contributed by atoms with Crippen LogP contribution in [0.15, 0.2) is 4.52 Å². The molecule has 1 amide bonds. The zero-order valence-electron chi connectivity index (χ0n) is 12.8. The highest BCUT2D eigenvalue weighted by molar-refractivity contribution is 5.77. The smallest absolute Gasteiger partial charge is 0.248 e. The van der Waals surface area contributed by atoms with E-state index >= 15 is 0 Å². The number of hydrogen-bond acceptors (Lipinski definition) is 6. The van der Waals surface area contributed by atoms with Gasteiger partial charge >= 0.3 is 0 Å². The molecule has 2 rings (SSSR count). The van der Waals surface area contributed by atoms with Gasteiger partial charge < -0.3 is 14.5 Å². The van der Waals surface area contributed by atoms with Crippen molar-refractivity contribution in [2.24, 2.45) is 5.92 Å². The predicted octanol–water partition coefficient (Wildman–Crippen LogP) is 0.295. The summed E-state index contributed by atoms with van der Waals surface area (Å²) in [6, 6.07) is 0. The molecule has 0 atom stereocenters. The predicted molar refractivity (Wildman–Crippen MR) is 76.4 cm³/mol. The Labute approximate surface area is 124 Å². The van der Waals surface area contributed by atoms with Gasteiger partial charge in [0.25, 0.3) is 0 Å². The molecule has 0 saturated carbocycles. The van der Waals surface area contributed by atoms with Crippen molar-refractivity contribution in [3.63, 3.8) is 0 Å². The second-order valence-corrected chi connectivity index (χ2v) is 5.85. The molecule has 1 aromatic rings. The summed E-state index contributed by atoms with van der Waals surface area (Å²) >= 11 is 0. The number of carbonyl (C=O) groups excluding carboxylic acids is 1. The molecule has 0 spiro atoms. The summed E-state index contributed by atoms with van der Waals surface area (Å²) in [5.41, 5.74) is 0. The van der Waals surface area contributed by atoms with Crippen LogP contribution in [0.1, 0.15) is 32.0 Å². The molecule has 1 saturated heterocycles. The highest BCUT2D eigenvalue weighted by Gasteiger charge is 2.21. The van der Waals surface area contributed by atoms with E-state index in [0.29, 0.717) is 31.4 Å². The highest BCUT2D eigenvalue weighted by Crippen LogP contribution is 2.10. The number of aromatic nitrogens is 2. The van der Waals surface area contributed by atoms with Gasteiger partial charge in [-0.05, 0) is 12.3 Å². The van der Waals surface area contributed by atoms with Crippen LogP contribution in [-0.4, -0.2) is 63.7 Å². The van der Waals surface area contributed by atoms with E-state index in [-0.39, 0.29) is 5.91 Å². The summed E-state index contributed by atoms with van der Waals surface area (Å²) in [6.45, 7) is 7.34. The topological polar surface area (TPSA) is 82.7 Å². The maximum atomic E-state index is 11.4. The van der Waals surface area contributed by atoms with Crippen LogP contribution in [0.3, 0.4) is 0 Å². The van der Waals surface area contributed by atoms with Crippen molar-refractivity contribution in [1.29, 1.82) is 0 Å². The number of aliphatic hydroxyl groups excluding tert-OH is 1. The lowest BCUT2D eigenvalue weighted by molar-refractivity contribution is -0.136. The van der Waals surface area contributed by atoms with Gasteiger partial charge in [-0.1, -0.05) is 19.0 Å². The van der Waals surface area contributed by atoms with E-state index in [4.69, 9.17) is 9.63 Å². The van der Waals surface area contributed by atoms with Crippen molar-refractivity contribution >= 4 is 5.91 Å². The lowest BCUT2D eigenvalue weighted by atomic mass is 10.1. The van der Waals surface area contributed by atoms with E-state index in [9.17, 15) is 4.79 Å². The van der Waals surface area contributed by atoms with Crippen LogP contribution < -0.4 is 0 Å². The molecule has 1 fully saturated rings. The molecular formula is C14H24N4O3. The molecule has 2 heterocycles. The molecule has 0 aliphatic carbocycles. The van der Waals surface area contributed by atoms with Crippen molar-refractivity contribution < 1.29 is 14.4 Å².